The van der Waals surface area contributed by atoms with Crippen LogP contribution in [-0.4, -0.2) is 72.8 Å². The minimum absolute atomic E-state index is 0.00808. The molecule has 0 aliphatic rings. The van der Waals surface area contributed by atoms with E-state index in [1.165, 1.54) is 116 Å². The van der Waals surface area contributed by atoms with Crippen molar-refractivity contribution in [1.82, 2.24) is 10.2 Å². The van der Waals surface area contributed by atoms with Crippen LogP contribution in [0.25, 0.3) is 0 Å². The number of unbranched alkanes of at least 4 members (excludes halogenated alkanes) is 25. The summed E-state index contributed by atoms with van der Waals surface area (Å²) in [6.45, 7) is 12.0. The molecule has 58 heavy (non-hydrogen) atoms. The van der Waals surface area contributed by atoms with E-state index in [0.29, 0.717) is 32.5 Å². The molecule has 8 heteroatoms. The fourth-order valence-electron chi connectivity index (χ4n) is 7.85. The maximum atomic E-state index is 12.8. The van der Waals surface area contributed by atoms with Crippen LogP contribution in [0.5, 0.6) is 0 Å². The summed E-state index contributed by atoms with van der Waals surface area (Å²) in [6.07, 6.45) is 39.8. The Morgan fingerprint density at radius 2 is 0.914 bits per heavy atom. The highest BCUT2D eigenvalue weighted by Gasteiger charge is 2.15. The molecule has 1 amide bonds. The Morgan fingerprint density at radius 3 is 1.43 bits per heavy atom. The Balaban J connectivity index is 4.48. The van der Waals surface area contributed by atoms with Crippen LogP contribution in [0.15, 0.2) is 0 Å². The number of carbonyl (C=O) groups is 3. The molecule has 0 aromatic rings. The first-order valence-corrected chi connectivity index (χ1v) is 25.3. The molecule has 0 saturated heterocycles. The summed E-state index contributed by atoms with van der Waals surface area (Å²) in [5.41, 5.74) is 0. The number of esters is 2. The lowest BCUT2D eigenvalue weighted by Gasteiger charge is -2.25. The number of amides is 1. The van der Waals surface area contributed by atoms with Gasteiger partial charge < -0.3 is 24.8 Å². The van der Waals surface area contributed by atoms with Crippen molar-refractivity contribution in [1.29, 1.82) is 0 Å². The first kappa shape index (κ1) is 56.3. The van der Waals surface area contributed by atoms with Gasteiger partial charge in [-0.1, -0.05) is 162 Å². The minimum Gasteiger partial charge on any atom is -0.466 e. The zero-order valence-electron chi connectivity index (χ0n) is 39.1. The number of aliphatic hydroxyl groups excluding tert-OH is 1. The Hall–Kier alpha value is -1.67. The summed E-state index contributed by atoms with van der Waals surface area (Å²) >= 11 is 0. The molecular weight excluding hydrogens is 725 g/mol. The first-order valence-electron chi connectivity index (χ1n) is 25.3. The number of rotatable bonds is 46. The highest BCUT2D eigenvalue weighted by molar-refractivity contribution is 5.72. The second-order valence-corrected chi connectivity index (χ2v) is 17.5. The average Bonchev–Trinajstić information content (AvgIpc) is 3.20. The van der Waals surface area contributed by atoms with Crippen LogP contribution < -0.4 is 5.32 Å². The van der Waals surface area contributed by atoms with Crippen molar-refractivity contribution in [2.45, 2.75) is 271 Å². The van der Waals surface area contributed by atoms with Gasteiger partial charge in [0.25, 0.3) is 0 Å². The predicted octanol–water partition coefficient (Wildman–Crippen LogP) is 13.3. The lowest BCUT2D eigenvalue weighted by Crippen LogP contribution is -2.34. The van der Waals surface area contributed by atoms with E-state index in [4.69, 9.17) is 9.47 Å². The summed E-state index contributed by atoms with van der Waals surface area (Å²) in [4.78, 5) is 38.7. The zero-order valence-corrected chi connectivity index (χ0v) is 39.1. The van der Waals surface area contributed by atoms with E-state index in [-0.39, 0.29) is 30.1 Å². The number of hydrogen-bond donors (Lipinski definition) is 2. The van der Waals surface area contributed by atoms with E-state index in [9.17, 15) is 19.5 Å². The number of nitrogens with zero attached hydrogens (tertiary/aromatic N) is 1. The largest absolute Gasteiger partial charge is 0.466 e. The SMILES string of the molecule is CCCCCCCCCCCOC(=O)CCCCCN(CCCCCCCC(=O)OC(CCCCCCCC)CCCCCCCC)CC(O)CCCCNC(C)=O. The van der Waals surface area contributed by atoms with Gasteiger partial charge in [-0.2, -0.15) is 0 Å². The van der Waals surface area contributed by atoms with Crippen LogP contribution in [0.4, 0.5) is 0 Å². The van der Waals surface area contributed by atoms with E-state index in [0.717, 1.165) is 122 Å². The molecule has 0 bridgehead atoms. The molecule has 8 nitrogen and oxygen atoms in total. The molecule has 1 atom stereocenters. The molecule has 0 fully saturated rings. The van der Waals surface area contributed by atoms with Crippen molar-refractivity contribution in [3.05, 3.63) is 0 Å². The van der Waals surface area contributed by atoms with Gasteiger partial charge in [0.05, 0.1) is 12.7 Å². The fourth-order valence-corrected chi connectivity index (χ4v) is 7.85. The quantitative estimate of drug-likeness (QED) is 0.0465. The van der Waals surface area contributed by atoms with Gasteiger partial charge in [-0.05, 0) is 90.1 Å². The maximum Gasteiger partial charge on any atom is 0.306 e. The van der Waals surface area contributed by atoms with Gasteiger partial charge in [-0.15, -0.1) is 0 Å². The third kappa shape index (κ3) is 42.5. The van der Waals surface area contributed by atoms with Crippen LogP contribution in [0.3, 0.4) is 0 Å². The number of aliphatic hydroxyl groups is 1. The minimum atomic E-state index is -0.384. The van der Waals surface area contributed by atoms with Crippen molar-refractivity contribution in [2.24, 2.45) is 0 Å². The monoisotopic (exact) mass is 823 g/mol. The van der Waals surface area contributed by atoms with Crippen molar-refractivity contribution in [3.8, 4) is 0 Å². The molecule has 0 aromatic carbocycles. The predicted molar refractivity (Wildman–Crippen MR) is 245 cm³/mol. The van der Waals surface area contributed by atoms with Gasteiger partial charge in [0.2, 0.25) is 5.91 Å². The first-order chi connectivity index (χ1) is 28.3. The lowest BCUT2D eigenvalue weighted by atomic mass is 10.0. The van der Waals surface area contributed by atoms with Crippen molar-refractivity contribution in [2.75, 3.05) is 32.8 Å². The highest BCUT2D eigenvalue weighted by atomic mass is 16.5. The molecule has 0 rings (SSSR count). The smallest absolute Gasteiger partial charge is 0.306 e. The standard InChI is InChI=1S/C50H98N2O6/c1-5-8-11-14-17-18-19-25-35-44-57-49(55)39-30-26-34-43-52(45-47(54)36-31-32-41-51-46(4)53)42-33-24-20-23-29-40-50(56)58-48(37-27-21-15-12-9-6-2)38-28-22-16-13-10-7-3/h47-48,54H,5-45H2,1-4H3,(H,51,53). The van der Waals surface area contributed by atoms with Gasteiger partial charge in [0.15, 0.2) is 0 Å². The van der Waals surface area contributed by atoms with Crippen LogP contribution in [0.1, 0.15) is 259 Å². The number of nitrogens with one attached hydrogen (secondary N) is 1. The van der Waals surface area contributed by atoms with E-state index in [2.05, 4.69) is 31.0 Å². The van der Waals surface area contributed by atoms with Gasteiger partial charge in [0, 0.05) is 32.9 Å². The molecule has 0 aliphatic heterocycles. The van der Waals surface area contributed by atoms with Crippen molar-refractivity contribution < 1.29 is 29.0 Å². The number of hydrogen-bond acceptors (Lipinski definition) is 7. The summed E-state index contributed by atoms with van der Waals surface area (Å²) < 4.78 is 11.6. The zero-order chi connectivity index (χ0) is 42.6. The van der Waals surface area contributed by atoms with Crippen LogP contribution in [0, 0.1) is 0 Å². The second-order valence-electron chi connectivity index (χ2n) is 17.5. The molecule has 0 heterocycles. The summed E-state index contributed by atoms with van der Waals surface area (Å²) in [5, 5.41) is 13.7. The van der Waals surface area contributed by atoms with Gasteiger partial charge in [0.1, 0.15) is 6.10 Å². The molecule has 0 radical (unpaired) electrons. The van der Waals surface area contributed by atoms with E-state index in [1.54, 1.807) is 0 Å². The topological polar surface area (TPSA) is 105 Å². The third-order valence-electron chi connectivity index (χ3n) is 11.6. The fraction of sp³-hybridized carbons (Fsp3) is 0.940. The molecule has 0 saturated carbocycles. The third-order valence-corrected chi connectivity index (χ3v) is 11.6. The van der Waals surface area contributed by atoms with Gasteiger partial charge >= 0.3 is 11.9 Å². The normalized spacial score (nSPS) is 12.1. The Bertz CT molecular complexity index is 885. The molecule has 0 spiro atoms. The summed E-state index contributed by atoms with van der Waals surface area (Å²) in [5.74, 6) is -0.0863. The number of carbonyl (C=O) groups excluding carboxylic acids is 3. The Kier molecular flexibility index (Phi) is 43.6. The van der Waals surface area contributed by atoms with Crippen molar-refractivity contribution >= 4 is 17.8 Å². The maximum absolute atomic E-state index is 12.8. The van der Waals surface area contributed by atoms with Gasteiger partial charge in [-0.3, -0.25) is 14.4 Å². The lowest BCUT2D eigenvalue weighted by molar-refractivity contribution is -0.150. The average molecular weight is 823 g/mol. The molecule has 344 valence electrons. The van der Waals surface area contributed by atoms with Crippen LogP contribution in [-0.2, 0) is 23.9 Å². The molecule has 0 aromatic heterocycles. The highest BCUT2D eigenvalue weighted by Crippen LogP contribution is 2.19. The second kappa shape index (κ2) is 44.9. The van der Waals surface area contributed by atoms with Gasteiger partial charge in [-0.25, -0.2) is 0 Å². The summed E-state index contributed by atoms with van der Waals surface area (Å²) in [6, 6.07) is 0. The van der Waals surface area contributed by atoms with Crippen molar-refractivity contribution in [3.63, 3.8) is 0 Å². The van der Waals surface area contributed by atoms with E-state index < -0.39 is 0 Å². The molecular formula is C50H98N2O6. The molecule has 0 aliphatic carbocycles. The Morgan fingerprint density at radius 1 is 0.500 bits per heavy atom. The van der Waals surface area contributed by atoms with Crippen LogP contribution >= 0.6 is 0 Å². The van der Waals surface area contributed by atoms with E-state index >= 15 is 0 Å². The van der Waals surface area contributed by atoms with E-state index in [1.807, 2.05) is 0 Å². The molecule has 2 N–H and O–H groups in total. The summed E-state index contributed by atoms with van der Waals surface area (Å²) in [7, 11) is 0. The number of ether oxygens (including phenoxy) is 2. The molecule has 1 unspecified atom stereocenters. The van der Waals surface area contributed by atoms with Crippen LogP contribution in [0.2, 0.25) is 0 Å². The Labute approximate surface area is 359 Å².